The summed E-state index contributed by atoms with van der Waals surface area (Å²) in [5.74, 6) is 0.711. The van der Waals surface area contributed by atoms with Crippen LogP contribution >= 0.6 is 15.9 Å². The van der Waals surface area contributed by atoms with Crippen molar-refractivity contribution in [1.82, 2.24) is 15.5 Å². The monoisotopic (exact) mass is 397 g/mol. The molecule has 2 heterocycles. The Balaban J connectivity index is 1.45. The van der Waals surface area contributed by atoms with Gasteiger partial charge in [0.2, 0.25) is 0 Å². The molecule has 0 unspecified atom stereocenters. The molecule has 124 valence electrons. The third kappa shape index (κ3) is 3.32. The fourth-order valence-electron chi connectivity index (χ4n) is 2.40. The van der Waals surface area contributed by atoms with Crippen LogP contribution in [0.5, 0.6) is 0 Å². The number of nitrogens with zero attached hydrogens (tertiary/aromatic N) is 2. The standard InChI is InChI=1S/C18H12BrN3O3/c19-13-6-7-14-12(8-13)9-15(24-14)17(23)20-10-16-21-18(25-22-16)11-4-2-1-3-5-11/h1-9H,10H2,(H,20,23). The largest absolute Gasteiger partial charge is 0.451 e. The summed E-state index contributed by atoms with van der Waals surface area (Å²) in [7, 11) is 0. The summed E-state index contributed by atoms with van der Waals surface area (Å²) in [5, 5.41) is 7.45. The van der Waals surface area contributed by atoms with Gasteiger partial charge in [-0.1, -0.05) is 39.3 Å². The van der Waals surface area contributed by atoms with E-state index in [1.54, 1.807) is 6.07 Å². The highest BCUT2D eigenvalue weighted by Crippen LogP contribution is 2.23. The van der Waals surface area contributed by atoms with Crippen molar-refractivity contribution in [2.45, 2.75) is 6.54 Å². The molecule has 25 heavy (non-hydrogen) atoms. The molecule has 0 aliphatic heterocycles. The number of aromatic nitrogens is 2. The Kier molecular flexibility index (Phi) is 4.07. The Hall–Kier alpha value is -2.93. The van der Waals surface area contributed by atoms with Crippen molar-refractivity contribution < 1.29 is 13.7 Å². The molecule has 4 rings (SSSR count). The predicted octanol–water partition coefficient (Wildman–Crippen LogP) is 4.18. The average molecular weight is 398 g/mol. The van der Waals surface area contributed by atoms with E-state index in [2.05, 4.69) is 31.4 Å². The second-order valence-electron chi connectivity index (χ2n) is 5.36. The molecular formula is C18H12BrN3O3. The SMILES string of the molecule is O=C(NCc1noc(-c2ccccc2)n1)c1cc2cc(Br)ccc2o1. The number of nitrogens with one attached hydrogen (secondary N) is 1. The average Bonchev–Trinajstić information content (AvgIpc) is 3.27. The Bertz CT molecular complexity index is 1040. The van der Waals surface area contributed by atoms with Gasteiger partial charge in [-0.05, 0) is 36.4 Å². The zero-order valence-electron chi connectivity index (χ0n) is 12.9. The van der Waals surface area contributed by atoms with E-state index in [1.807, 2.05) is 48.5 Å². The summed E-state index contributed by atoms with van der Waals surface area (Å²) in [6.45, 7) is 0.149. The quantitative estimate of drug-likeness (QED) is 0.558. The van der Waals surface area contributed by atoms with Crippen molar-refractivity contribution in [3.05, 3.63) is 70.7 Å². The Morgan fingerprint density at radius 2 is 1.96 bits per heavy atom. The zero-order valence-corrected chi connectivity index (χ0v) is 14.5. The van der Waals surface area contributed by atoms with Crippen molar-refractivity contribution >= 4 is 32.8 Å². The minimum atomic E-state index is -0.335. The van der Waals surface area contributed by atoms with Gasteiger partial charge < -0.3 is 14.3 Å². The van der Waals surface area contributed by atoms with Gasteiger partial charge in [-0.3, -0.25) is 4.79 Å². The molecule has 7 heteroatoms. The topological polar surface area (TPSA) is 81.2 Å². The first kappa shape index (κ1) is 15.6. The number of halogens is 1. The highest BCUT2D eigenvalue weighted by Gasteiger charge is 2.14. The van der Waals surface area contributed by atoms with Gasteiger partial charge >= 0.3 is 0 Å². The number of benzene rings is 2. The molecule has 0 aliphatic carbocycles. The fraction of sp³-hybridized carbons (Fsp3) is 0.0556. The maximum atomic E-state index is 12.2. The summed E-state index contributed by atoms with van der Waals surface area (Å²) in [4.78, 5) is 16.5. The second-order valence-corrected chi connectivity index (χ2v) is 6.27. The molecular weight excluding hydrogens is 386 g/mol. The van der Waals surface area contributed by atoms with E-state index in [1.165, 1.54) is 0 Å². The second kappa shape index (κ2) is 6.52. The van der Waals surface area contributed by atoms with Gasteiger partial charge in [0.1, 0.15) is 5.58 Å². The van der Waals surface area contributed by atoms with Crippen LogP contribution in [0.1, 0.15) is 16.4 Å². The van der Waals surface area contributed by atoms with E-state index in [0.717, 1.165) is 15.4 Å². The molecule has 2 aromatic carbocycles. The van der Waals surface area contributed by atoms with Gasteiger partial charge in [0.15, 0.2) is 11.6 Å². The number of fused-ring (bicyclic) bond motifs is 1. The first-order valence-corrected chi connectivity index (χ1v) is 8.34. The normalized spacial score (nSPS) is 10.9. The molecule has 1 amide bonds. The molecule has 4 aromatic rings. The number of amides is 1. The Morgan fingerprint density at radius 1 is 1.12 bits per heavy atom. The lowest BCUT2D eigenvalue weighted by Crippen LogP contribution is -2.22. The van der Waals surface area contributed by atoms with Crippen LogP contribution in [0.25, 0.3) is 22.4 Å². The van der Waals surface area contributed by atoms with E-state index in [-0.39, 0.29) is 18.2 Å². The lowest BCUT2D eigenvalue weighted by atomic mass is 10.2. The Morgan fingerprint density at radius 3 is 2.80 bits per heavy atom. The number of hydrogen-bond acceptors (Lipinski definition) is 5. The zero-order chi connectivity index (χ0) is 17.2. The van der Waals surface area contributed by atoms with Gasteiger partial charge in [0.05, 0.1) is 6.54 Å². The molecule has 0 bridgehead atoms. The summed E-state index contributed by atoms with van der Waals surface area (Å²) >= 11 is 3.39. The maximum absolute atomic E-state index is 12.2. The van der Waals surface area contributed by atoms with Crippen molar-refractivity contribution in [2.75, 3.05) is 0 Å². The van der Waals surface area contributed by atoms with Crippen LogP contribution in [-0.4, -0.2) is 16.0 Å². The molecule has 1 N–H and O–H groups in total. The van der Waals surface area contributed by atoms with Crippen LogP contribution in [-0.2, 0) is 6.54 Å². The molecule has 0 saturated carbocycles. The molecule has 0 fully saturated rings. The van der Waals surface area contributed by atoms with Gasteiger partial charge in [0.25, 0.3) is 11.8 Å². The summed E-state index contributed by atoms with van der Waals surface area (Å²) in [6.07, 6.45) is 0. The lowest BCUT2D eigenvalue weighted by Gasteiger charge is -1.98. The smallest absolute Gasteiger partial charge is 0.287 e. The van der Waals surface area contributed by atoms with Gasteiger partial charge in [-0.15, -0.1) is 0 Å². The Labute approximate surface area is 151 Å². The first-order chi connectivity index (χ1) is 12.2. The number of furan rings is 1. The molecule has 6 nitrogen and oxygen atoms in total. The van der Waals surface area contributed by atoms with Crippen LogP contribution in [0.2, 0.25) is 0 Å². The van der Waals surface area contributed by atoms with E-state index >= 15 is 0 Å². The number of rotatable bonds is 4. The highest BCUT2D eigenvalue weighted by molar-refractivity contribution is 9.10. The van der Waals surface area contributed by atoms with E-state index < -0.39 is 0 Å². The number of carbonyl (C=O) groups excluding carboxylic acids is 1. The summed E-state index contributed by atoms with van der Waals surface area (Å²) in [5.41, 5.74) is 1.48. The number of hydrogen-bond donors (Lipinski definition) is 1. The van der Waals surface area contributed by atoms with Crippen LogP contribution in [0, 0.1) is 0 Å². The molecule has 0 radical (unpaired) electrons. The summed E-state index contributed by atoms with van der Waals surface area (Å²) < 4.78 is 11.7. The van der Waals surface area contributed by atoms with Gasteiger partial charge in [-0.25, -0.2) is 0 Å². The van der Waals surface area contributed by atoms with Crippen molar-refractivity contribution in [1.29, 1.82) is 0 Å². The van der Waals surface area contributed by atoms with E-state index in [4.69, 9.17) is 8.94 Å². The third-order valence-electron chi connectivity index (χ3n) is 3.60. The summed E-state index contributed by atoms with van der Waals surface area (Å²) in [6, 6.07) is 16.7. The van der Waals surface area contributed by atoms with Gasteiger partial charge in [-0.2, -0.15) is 4.98 Å². The lowest BCUT2D eigenvalue weighted by molar-refractivity contribution is 0.0924. The third-order valence-corrected chi connectivity index (χ3v) is 4.09. The van der Waals surface area contributed by atoms with Crippen molar-refractivity contribution in [3.63, 3.8) is 0 Å². The van der Waals surface area contributed by atoms with E-state index in [9.17, 15) is 4.79 Å². The molecule has 0 aliphatic rings. The first-order valence-electron chi connectivity index (χ1n) is 7.54. The van der Waals surface area contributed by atoms with Crippen LogP contribution < -0.4 is 5.32 Å². The molecule has 0 spiro atoms. The van der Waals surface area contributed by atoms with Crippen LogP contribution in [0.4, 0.5) is 0 Å². The maximum Gasteiger partial charge on any atom is 0.287 e. The number of carbonyl (C=O) groups is 1. The van der Waals surface area contributed by atoms with Gasteiger partial charge in [0, 0.05) is 15.4 Å². The molecule has 2 aromatic heterocycles. The van der Waals surface area contributed by atoms with Crippen molar-refractivity contribution in [3.8, 4) is 11.5 Å². The van der Waals surface area contributed by atoms with Crippen molar-refractivity contribution in [2.24, 2.45) is 0 Å². The van der Waals surface area contributed by atoms with Crippen LogP contribution in [0.15, 0.2) is 68.0 Å². The molecule has 0 atom stereocenters. The fourth-order valence-corrected chi connectivity index (χ4v) is 2.78. The predicted molar refractivity (Wildman–Crippen MR) is 94.8 cm³/mol. The highest BCUT2D eigenvalue weighted by atomic mass is 79.9. The van der Waals surface area contributed by atoms with Crippen LogP contribution in [0.3, 0.4) is 0 Å². The molecule has 0 saturated heterocycles. The minimum absolute atomic E-state index is 0.149. The minimum Gasteiger partial charge on any atom is -0.451 e. The van der Waals surface area contributed by atoms with E-state index in [0.29, 0.717) is 17.3 Å².